The van der Waals surface area contributed by atoms with Gasteiger partial charge in [-0.3, -0.25) is 9.59 Å². The van der Waals surface area contributed by atoms with Gasteiger partial charge in [0.1, 0.15) is 6.04 Å². The van der Waals surface area contributed by atoms with Gasteiger partial charge in [-0.15, -0.1) is 11.8 Å². The first kappa shape index (κ1) is 18.3. The molecule has 2 rings (SSSR count). The first-order valence-corrected chi connectivity index (χ1v) is 9.30. The van der Waals surface area contributed by atoms with Crippen molar-refractivity contribution in [2.45, 2.75) is 32.7 Å². The summed E-state index contributed by atoms with van der Waals surface area (Å²) in [7, 11) is 0. The van der Waals surface area contributed by atoms with Gasteiger partial charge < -0.3 is 10.2 Å². The number of hydrogen-bond acceptors (Lipinski definition) is 4. The zero-order chi connectivity index (χ0) is 17.5. The first-order chi connectivity index (χ1) is 11.5. The molecule has 1 aliphatic heterocycles. The number of carbonyl (C=O) groups excluding carboxylic acids is 2. The Morgan fingerprint density at radius 2 is 2.25 bits per heavy atom. The summed E-state index contributed by atoms with van der Waals surface area (Å²) >= 11 is 1.59. The van der Waals surface area contributed by atoms with Gasteiger partial charge in [0.15, 0.2) is 0 Å². The Kier molecular flexibility index (Phi) is 6.68. The van der Waals surface area contributed by atoms with Gasteiger partial charge in [-0.1, -0.05) is 26.0 Å². The summed E-state index contributed by atoms with van der Waals surface area (Å²) in [5.41, 5.74) is 1.35. The Morgan fingerprint density at radius 3 is 2.96 bits per heavy atom. The van der Waals surface area contributed by atoms with Gasteiger partial charge in [0.25, 0.3) is 5.91 Å². The molecule has 1 fully saturated rings. The van der Waals surface area contributed by atoms with Gasteiger partial charge in [-0.25, -0.2) is 0 Å². The van der Waals surface area contributed by atoms with Crippen molar-refractivity contribution in [1.29, 1.82) is 5.26 Å². The molecule has 1 saturated heterocycles. The number of benzene rings is 1. The van der Waals surface area contributed by atoms with E-state index < -0.39 is 6.04 Å². The van der Waals surface area contributed by atoms with Crippen LogP contribution >= 0.6 is 11.8 Å². The van der Waals surface area contributed by atoms with Crippen molar-refractivity contribution in [2.75, 3.05) is 18.2 Å². The molecular formula is C18H23N3O2S. The van der Waals surface area contributed by atoms with E-state index in [1.807, 2.05) is 6.07 Å². The van der Waals surface area contributed by atoms with Gasteiger partial charge in [-0.05, 0) is 30.0 Å². The highest BCUT2D eigenvalue weighted by Gasteiger charge is 2.34. The number of carbonyl (C=O) groups is 2. The third-order valence-corrected chi connectivity index (χ3v) is 4.94. The maximum absolute atomic E-state index is 12.8. The van der Waals surface area contributed by atoms with Crippen molar-refractivity contribution in [3.05, 3.63) is 35.4 Å². The lowest BCUT2D eigenvalue weighted by molar-refractivity contribution is -0.124. The van der Waals surface area contributed by atoms with Crippen LogP contribution in [0.5, 0.6) is 0 Å². The fourth-order valence-corrected chi connectivity index (χ4v) is 3.69. The highest BCUT2D eigenvalue weighted by Crippen LogP contribution is 2.23. The standard InChI is InChI=1S/C18H23N3O2S/c1-13(2)7-9-20-17(22)16-11-24-12-21(16)18(23)15-5-3-4-14(10-15)6-8-19/h3-5,10,13,16H,6-7,9,11-12H2,1-2H3,(H,20,22)/t16-/m1/s1. The van der Waals surface area contributed by atoms with Crippen molar-refractivity contribution >= 4 is 23.6 Å². The molecule has 2 amide bonds. The lowest BCUT2D eigenvalue weighted by Crippen LogP contribution is -2.47. The molecule has 128 valence electrons. The zero-order valence-electron chi connectivity index (χ0n) is 14.1. The number of nitrogens with one attached hydrogen (secondary N) is 1. The summed E-state index contributed by atoms with van der Waals surface area (Å²) in [6, 6.07) is 8.75. The fraction of sp³-hybridized carbons (Fsp3) is 0.500. The average Bonchev–Trinajstić information content (AvgIpc) is 3.04. The van der Waals surface area contributed by atoms with Crippen molar-refractivity contribution in [3.8, 4) is 6.07 Å². The Morgan fingerprint density at radius 1 is 1.46 bits per heavy atom. The molecule has 5 nitrogen and oxygen atoms in total. The summed E-state index contributed by atoms with van der Waals surface area (Å²) in [4.78, 5) is 26.8. The highest BCUT2D eigenvalue weighted by atomic mass is 32.2. The van der Waals surface area contributed by atoms with Crippen LogP contribution in [0, 0.1) is 17.2 Å². The Balaban J connectivity index is 2.04. The molecule has 0 bridgehead atoms. The smallest absolute Gasteiger partial charge is 0.255 e. The van der Waals surface area contributed by atoms with E-state index in [-0.39, 0.29) is 18.2 Å². The molecule has 1 aliphatic rings. The van der Waals surface area contributed by atoms with Crippen molar-refractivity contribution in [2.24, 2.45) is 5.92 Å². The molecule has 0 radical (unpaired) electrons. The molecule has 1 atom stereocenters. The van der Waals surface area contributed by atoms with E-state index in [1.54, 1.807) is 34.9 Å². The second-order valence-electron chi connectivity index (χ2n) is 6.30. The van der Waals surface area contributed by atoms with E-state index in [2.05, 4.69) is 25.2 Å². The van der Waals surface area contributed by atoms with Gasteiger partial charge in [0, 0.05) is 17.9 Å². The average molecular weight is 345 g/mol. The topological polar surface area (TPSA) is 73.2 Å². The third-order valence-electron chi connectivity index (χ3n) is 3.92. The predicted octanol–water partition coefficient (Wildman–Crippen LogP) is 2.43. The van der Waals surface area contributed by atoms with Gasteiger partial charge in [0.2, 0.25) is 5.91 Å². The summed E-state index contributed by atoms with van der Waals surface area (Å²) < 4.78 is 0. The molecule has 0 spiro atoms. The number of nitriles is 1. The Bertz CT molecular complexity index is 639. The SMILES string of the molecule is CC(C)CCNC(=O)[C@H]1CSCN1C(=O)c1cccc(CC#N)c1. The minimum Gasteiger partial charge on any atom is -0.354 e. The van der Waals surface area contributed by atoms with Crippen LogP contribution in [0.4, 0.5) is 0 Å². The lowest BCUT2D eigenvalue weighted by atomic mass is 10.1. The second kappa shape index (κ2) is 8.74. The maximum atomic E-state index is 12.8. The quantitative estimate of drug-likeness (QED) is 0.859. The van der Waals surface area contributed by atoms with Crippen LogP contribution in [0.1, 0.15) is 36.2 Å². The number of nitrogens with zero attached hydrogens (tertiary/aromatic N) is 2. The number of amides is 2. The van der Waals surface area contributed by atoms with E-state index in [0.717, 1.165) is 12.0 Å². The predicted molar refractivity (Wildman–Crippen MR) is 95.5 cm³/mol. The van der Waals surface area contributed by atoms with Crippen LogP contribution in [0.3, 0.4) is 0 Å². The first-order valence-electron chi connectivity index (χ1n) is 8.15. The molecule has 24 heavy (non-hydrogen) atoms. The zero-order valence-corrected chi connectivity index (χ0v) is 14.9. The number of rotatable bonds is 6. The van der Waals surface area contributed by atoms with Crippen LogP contribution < -0.4 is 5.32 Å². The molecule has 0 saturated carbocycles. The van der Waals surface area contributed by atoms with E-state index >= 15 is 0 Å². The molecule has 0 aliphatic carbocycles. The van der Waals surface area contributed by atoms with Crippen LogP contribution in [-0.2, 0) is 11.2 Å². The third kappa shape index (κ3) is 4.75. The van der Waals surface area contributed by atoms with Crippen LogP contribution in [0.25, 0.3) is 0 Å². The van der Waals surface area contributed by atoms with E-state index in [0.29, 0.717) is 29.7 Å². The summed E-state index contributed by atoms with van der Waals surface area (Å²) in [6.07, 6.45) is 1.20. The molecule has 0 unspecified atom stereocenters. The molecule has 1 heterocycles. The summed E-state index contributed by atoms with van der Waals surface area (Å²) in [5, 5.41) is 11.7. The highest BCUT2D eigenvalue weighted by molar-refractivity contribution is 7.99. The molecule has 1 aromatic rings. The van der Waals surface area contributed by atoms with Gasteiger partial charge in [-0.2, -0.15) is 5.26 Å². The van der Waals surface area contributed by atoms with E-state index in [4.69, 9.17) is 5.26 Å². The van der Waals surface area contributed by atoms with Crippen LogP contribution in [-0.4, -0.2) is 40.9 Å². The van der Waals surface area contributed by atoms with Crippen molar-refractivity contribution in [1.82, 2.24) is 10.2 Å². The van der Waals surface area contributed by atoms with Crippen LogP contribution in [0.2, 0.25) is 0 Å². The van der Waals surface area contributed by atoms with E-state index in [9.17, 15) is 9.59 Å². The second-order valence-corrected chi connectivity index (χ2v) is 7.30. The van der Waals surface area contributed by atoms with E-state index in [1.165, 1.54) is 0 Å². The minimum absolute atomic E-state index is 0.0813. The minimum atomic E-state index is -0.422. The lowest BCUT2D eigenvalue weighted by Gasteiger charge is -2.23. The monoisotopic (exact) mass is 345 g/mol. The Labute approximate surface area is 147 Å². The van der Waals surface area contributed by atoms with Gasteiger partial charge in [0.05, 0.1) is 18.4 Å². The maximum Gasteiger partial charge on any atom is 0.255 e. The van der Waals surface area contributed by atoms with Crippen molar-refractivity contribution in [3.63, 3.8) is 0 Å². The van der Waals surface area contributed by atoms with Crippen LogP contribution in [0.15, 0.2) is 24.3 Å². The van der Waals surface area contributed by atoms with Crippen molar-refractivity contribution < 1.29 is 9.59 Å². The summed E-state index contributed by atoms with van der Waals surface area (Å²) in [5.74, 6) is 1.44. The molecule has 0 aromatic heterocycles. The van der Waals surface area contributed by atoms with Gasteiger partial charge >= 0.3 is 0 Å². The number of hydrogen-bond donors (Lipinski definition) is 1. The molecular weight excluding hydrogens is 322 g/mol. The fourth-order valence-electron chi connectivity index (χ4n) is 2.53. The normalized spacial score (nSPS) is 16.9. The number of thioether (sulfide) groups is 1. The molecule has 6 heteroatoms. The molecule has 1 N–H and O–H groups in total. The molecule has 1 aromatic carbocycles. The largest absolute Gasteiger partial charge is 0.354 e. The Hall–Kier alpha value is -2.00. The summed E-state index contributed by atoms with van der Waals surface area (Å²) in [6.45, 7) is 4.86.